The third-order valence-electron chi connectivity index (χ3n) is 3.65. The van der Waals surface area contributed by atoms with Gasteiger partial charge in [0.25, 0.3) is 0 Å². The Morgan fingerprint density at radius 1 is 1.40 bits per heavy atom. The standard InChI is InChI=1S/C12H27N3/c1-5-13-10-11(2)15(4)12-6-8-14(3)9-7-12/h11-13H,5-10H2,1-4H3. The number of hydrogen-bond acceptors (Lipinski definition) is 3. The monoisotopic (exact) mass is 213 g/mol. The van der Waals surface area contributed by atoms with Crippen molar-refractivity contribution in [3.05, 3.63) is 0 Å². The van der Waals surface area contributed by atoms with Crippen molar-refractivity contribution >= 4 is 0 Å². The first kappa shape index (κ1) is 12.9. The third-order valence-corrected chi connectivity index (χ3v) is 3.65. The van der Waals surface area contributed by atoms with Crippen LogP contribution in [0.25, 0.3) is 0 Å². The first-order valence-corrected chi connectivity index (χ1v) is 6.26. The predicted molar refractivity (Wildman–Crippen MR) is 66.3 cm³/mol. The van der Waals surface area contributed by atoms with E-state index in [1.807, 2.05) is 0 Å². The van der Waals surface area contributed by atoms with Crippen LogP contribution < -0.4 is 5.32 Å². The second-order valence-corrected chi connectivity index (χ2v) is 4.86. The Morgan fingerprint density at radius 3 is 2.53 bits per heavy atom. The molecule has 0 aromatic carbocycles. The van der Waals surface area contributed by atoms with Gasteiger partial charge in [-0.25, -0.2) is 0 Å². The van der Waals surface area contributed by atoms with E-state index >= 15 is 0 Å². The fourth-order valence-electron chi connectivity index (χ4n) is 2.26. The quantitative estimate of drug-likeness (QED) is 0.735. The molecule has 0 aromatic rings. The van der Waals surface area contributed by atoms with Gasteiger partial charge in [0.15, 0.2) is 0 Å². The first-order chi connectivity index (χ1) is 7.15. The van der Waals surface area contributed by atoms with Crippen molar-refractivity contribution in [1.82, 2.24) is 15.1 Å². The summed E-state index contributed by atoms with van der Waals surface area (Å²) in [5, 5.41) is 3.42. The molecular formula is C12H27N3. The second-order valence-electron chi connectivity index (χ2n) is 4.86. The zero-order chi connectivity index (χ0) is 11.3. The van der Waals surface area contributed by atoms with Gasteiger partial charge in [0.05, 0.1) is 0 Å². The van der Waals surface area contributed by atoms with E-state index in [2.05, 4.69) is 43.1 Å². The van der Waals surface area contributed by atoms with Gasteiger partial charge in [-0.15, -0.1) is 0 Å². The summed E-state index contributed by atoms with van der Waals surface area (Å²) in [6, 6.07) is 1.44. The summed E-state index contributed by atoms with van der Waals surface area (Å²) in [4.78, 5) is 4.98. The molecule has 1 saturated heterocycles. The molecule has 1 aliphatic rings. The molecule has 1 atom stereocenters. The minimum atomic E-state index is 0.651. The maximum Gasteiger partial charge on any atom is 0.0192 e. The van der Waals surface area contributed by atoms with Crippen LogP contribution in [0.3, 0.4) is 0 Å². The van der Waals surface area contributed by atoms with Crippen LogP contribution in [0.15, 0.2) is 0 Å². The fraction of sp³-hybridized carbons (Fsp3) is 1.00. The van der Waals surface area contributed by atoms with E-state index < -0.39 is 0 Å². The SMILES string of the molecule is CCNCC(C)N(C)C1CCN(C)CC1. The van der Waals surface area contributed by atoms with E-state index in [1.54, 1.807) is 0 Å². The Hall–Kier alpha value is -0.120. The minimum Gasteiger partial charge on any atom is -0.315 e. The van der Waals surface area contributed by atoms with Crippen LogP contribution in [0.2, 0.25) is 0 Å². The number of nitrogens with one attached hydrogen (secondary N) is 1. The molecule has 0 saturated carbocycles. The van der Waals surface area contributed by atoms with E-state index in [0.717, 1.165) is 19.1 Å². The van der Waals surface area contributed by atoms with Crippen LogP contribution in [0.4, 0.5) is 0 Å². The van der Waals surface area contributed by atoms with Gasteiger partial charge in [0.2, 0.25) is 0 Å². The number of nitrogens with zero attached hydrogens (tertiary/aromatic N) is 2. The number of piperidine rings is 1. The lowest BCUT2D eigenvalue weighted by molar-refractivity contribution is 0.113. The molecule has 0 bridgehead atoms. The molecule has 1 fully saturated rings. The molecule has 0 aromatic heterocycles. The molecule has 1 rings (SSSR count). The zero-order valence-electron chi connectivity index (χ0n) is 10.8. The summed E-state index contributed by atoms with van der Waals surface area (Å²) < 4.78 is 0. The average molecular weight is 213 g/mol. The molecule has 1 unspecified atom stereocenters. The van der Waals surface area contributed by atoms with Gasteiger partial charge >= 0.3 is 0 Å². The van der Waals surface area contributed by atoms with Crippen molar-refractivity contribution in [3.63, 3.8) is 0 Å². The van der Waals surface area contributed by atoms with Crippen molar-refractivity contribution in [1.29, 1.82) is 0 Å². The first-order valence-electron chi connectivity index (χ1n) is 6.26. The maximum atomic E-state index is 3.42. The van der Waals surface area contributed by atoms with Gasteiger partial charge in [-0.2, -0.15) is 0 Å². The topological polar surface area (TPSA) is 18.5 Å². The molecule has 0 spiro atoms. The lowest BCUT2D eigenvalue weighted by atomic mass is 10.0. The summed E-state index contributed by atoms with van der Waals surface area (Å²) in [5.41, 5.74) is 0. The summed E-state index contributed by atoms with van der Waals surface area (Å²) >= 11 is 0. The smallest absolute Gasteiger partial charge is 0.0192 e. The number of rotatable bonds is 5. The van der Waals surface area contributed by atoms with E-state index in [9.17, 15) is 0 Å². The van der Waals surface area contributed by atoms with E-state index in [-0.39, 0.29) is 0 Å². The highest BCUT2D eigenvalue weighted by molar-refractivity contribution is 4.80. The largest absolute Gasteiger partial charge is 0.315 e. The summed E-state index contributed by atoms with van der Waals surface area (Å²) in [6.07, 6.45) is 2.65. The van der Waals surface area contributed by atoms with Gasteiger partial charge < -0.3 is 10.2 Å². The third kappa shape index (κ3) is 4.09. The Kier molecular flexibility index (Phi) is 5.58. The van der Waals surface area contributed by atoms with E-state index in [4.69, 9.17) is 0 Å². The molecule has 0 aliphatic carbocycles. The van der Waals surface area contributed by atoms with E-state index in [1.165, 1.54) is 25.9 Å². The van der Waals surface area contributed by atoms with Gasteiger partial charge in [0, 0.05) is 18.6 Å². The van der Waals surface area contributed by atoms with Crippen LogP contribution in [0.1, 0.15) is 26.7 Å². The second kappa shape index (κ2) is 6.46. The van der Waals surface area contributed by atoms with Crippen LogP contribution >= 0.6 is 0 Å². The van der Waals surface area contributed by atoms with Crippen molar-refractivity contribution < 1.29 is 0 Å². The highest BCUT2D eigenvalue weighted by Crippen LogP contribution is 2.15. The molecule has 15 heavy (non-hydrogen) atoms. The van der Waals surface area contributed by atoms with Crippen molar-refractivity contribution in [3.8, 4) is 0 Å². The number of likely N-dealkylation sites (tertiary alicyclic amines) is 1. The van der Waals surface area contributed by atoms with Crippen LogP contribution in [-0.2, 0) is 0 Å². The molecule has 1 heterocycles. The van der Waals surface area contributed by atoms with Crippen LogP contribution in [0.5, 0.6) is 0 Å². The highest BCUT2D eigenvalue weighted by atomic mass is 15.2. The lowest BCUT2D eigenvalue weighted by Crippen LogP contribution is -2.48. The summed E-state index contributed by atoms with van der Waals surface area (Å²) in [7, 11) is 4.50. The Balaban J connectivity index is 2.29. The molecule has 1 N–H and O–H groups in total. The van der Waals surface area contributed by atoms with Crippen molar-refractivity contribution in [2.75, 3.05) is 40.3 Å². The summed E-state index contributed by atoms with van der Waals surface area (Å²) in [6.45, 7) is 9.18. The molecular weight excluding hydrogens is 186 g/mol. The molecule has 0 radical (unpaired) electrons. The van der Waals surface area contributed by atoms with Crippen molar-refractivity contribution in [2.45, 2.75) is 38.8 Å². The normalized spacial score (nSPS) is 22.2. The average Bonchev–Trinajstić information content (AvgIpc) is 2.26. The molecule has 3 nitrogen and oxygen atoms in total. The van der Waals surface area contributed by atoms with Crippen LogP contribution in [0, 0.1) is 0 Å². The maximum absolute atomic E-state index is 3.42. The summed E-state index contributed by atoms with van der Waals surface area (Å²) in [5.74, 6) is 0. The highest BCUT2D eigenvalue weighted by Gasteiger charge is 2.23. The van der Waals surface area contributed by atoms with E-state index in [0.29, 0.717) is 6.04 Å². The number of hydrogen-bond donors (Lipinski definition) is 1. The Morgan fingerprint density at radius 2 is 2.00 bits per heavy atom. The van der Waals surface area contributed by atoms with Gasteiger partial charge in [-0.3, -0.25) is 4.90 Å². The van der Waals surface area contributed by atoms with Crippen LogP contribution in [-0.4, -0.2) is 62.2 Å². The molecule has 1 aliphatic heterocycles. The van der Waals surface area contributed by atoms with Gasteiger partial charge in [-0.1, -0.05) is 6.92 Å². The number of likely N-dealkylation sites (N-methyl/N-ethyl adjacent to an activating group) is 2. The van der Waals surface area contributed by atoms with Crippen molar-refractivity contribution in [2.24, 2.45) is 0 Å². The van der Waals surface area contributed by atoms with Gasteiger partial charge in [0.1, 0.15) is 0 Å². The molecule has 90 valence electrons. The molecule has 3 heteroatoms. The lowest BCUT2D eigenvalue weighted by Gasteiger charge is -2.38. The predicted octanol–water partition coefficient (Wildman–Crippen LogP) is 1.01. The molecule has 0 amide bonds. The Labute approximate surface area is 94.8 Å². The zero-order valence-corrected chi connectivity index (χ0v) is 10.8. The van der Waals surface area contributed by atoms with Gasteiger partial charge in [-0.05, 0) is 53.5 Å². The minimum absolute atomic E-state index is 0.651. The Bertz CT molecular complexity index is 164. The fourth-order valence-corrected chi connectivity index (χ4v) is 2.26.